The number of hydrogen-bond donors (Lipinski definition) is 0. The van der Waals surface area contributed by atoms with Gasteiger partial charge < -0.3 is 28.6 Å². The highest BCUT2D eigenvalue weighted by molar-refractivity contribution is 5.88. The number of non-ortho nitro benzene ring substituents is 1. The van der Waals surface area contributed by atoms with Crippen molar-refractivity contribution in [1.29, 1.82) is 0 Å². The summed E-state index contributed by atoms with van der Waals surface area (Å²) in [7, 11) is 2.95. The lowest BCUT2D eigenvalue weighted by Gasteiger charge is -2.36. The topological polar surface area (TPSA) is 163 Å². The van der Waals surface area contributed by atoms with Crippen LogP contribution in [0.4, 0.5) is 15.3 Å². The van der Waals surface area contributed by atoms with Crippen LogP contribution in [0.3, 0.4) is 0 Å². The molecule has 0 saturated heterocycles. The summed E-state index contributed by atoms with van der Waals surface area (Å²) in [5.74, 6) is -0.782. The van der Waals surface area contributed by atoms with Crippen LogP contribution in [0, 0.1) is 10.1 Å². The molecule has 47 heavy (non-hydrogen) atoms. The Hall–Kier alpha value is -5.79. The number of esters is 1. The van der Waals surface area contributed by atoms with Gasteiger partial charge in [0.1, 0.15) is 13.2 Å². The molecule has 2 aliphatic heterocycles. The van der Waals surface area contributed by atoms with Crippen LogP contribution in [0.25, 0.3) is 22.3 Å². The summed E-state index contributed by atoms with van der Waals surface area (Å²) in [6.45, 7) is 1.73. The molecule has 242 valence electrons. The fraction of sp³-hybridized carbons (Fsp3) is 0.303. The number of fused-ring (bicyclic) bond motifs is 5. The zero-order valence-electron chi connectivity index (χ0n) is 25.9. The fourth-order valence-electron chi connectivity index (χ4n) is 5.76. The SMILES string of the molecule is CC[C@@]1(OC(=O)N(C)CCN(C)C(=O)OCc2ccc([N+](=O)[O-])cc2)C(=O)OCc2c1cc1n(c2=O)Cc2cc3ccccc3nc2-1. The van der Waals surface area contributed by atoms with Gasteiger partial charge in [-0.1, -0.05) is 25.1 Å². The van der Waals surface area contributed by atoms with E-state index in [1.807, 2.05) is 30.3 Å². The second kappa shape index (κ2) is 12.2. The van der Waals surface area contributed by atoms with Gasteiger partial charge in [0.15, 0.2) is 0 Å². The molecule has 2 amide bonds. The molecular weight excluding hydrogens is 610 g/mol. The van der Waals surface area contributed by atoms with Crippen molar-refractivity contribution >= 4 is 34.7 Å². The molecule has 4 heterocycles. The molecule has 2 aliphatic rings. The second-order valence-corrected chi connectivity index (χ2v) is 11.4. The highest BCUT2D eigenvalue weighted by Crippen LogP contribution is 2.41. The summed E-state index contributed by atoms with van der Waals surface area (Å²) in [5, 5.41) is 11.8. The zero-order valence-corrected chi connectivity index (χ0v) is 25.9. The monoisotopic (exact) mass is 641 g/mol. The van der Waals surface area contributed by atoms with Gasteiger partial charge in [0, 0.05) is 55.8 Å². The maximum Gasteiger partial charge on any atom is 0.411 e. The van der Waals surface area contributed by atoms with E-state index in [1.165, 1.54) is 48.2 Å². The first-order chi connectivity index (χ1) is 22.5. The van der Waals surface area contributed by atoms with Crippen molar-refractivity contribution in [1.82, 2.24) is 19.4 Å². The number of benzene rings is 2. The highest BCUT2D eigenvalue weighted by atomic mass is 16.6. The molecule has 0 spiro atoms. The lowest BCUT2D eigenvalue weighted by molar-refractivity contribution is -0.384. The Morgan fingerprint density at radius 3 is 2.45 bits per heavy atom. The van der Waals surface area contributed by atoms with Crippen LogP contribution in [0.15, 0.2) is 65.5 Å². The molecular formula is C33H31N5O9. The molecule has 6 rings (SSSR count). The predicted octanol–water partition coefficient (Wildman–Crippen LogP) is 4.33. The van der Waals surface area contributed by atoms with Crippen LogP contribution in [-0.2, 0) is 44.4 Å². The summed E-state index contributed by atoms with van der Waals surface area (Å²) in [4.78, 5) is 70.6. The van der Waals surface area contributed by atoms with Gasteiger partial charge >= 0.3 is 18.2 Å². The van der Waals surface area contributed by atoms with Crippen molar-refractivity contribution in [3.8, 4) is 11.4 Å². The molecule has 0 N–H and O–H groups in total. The number of ether oxygens (including phenoxy) is 3. The molecule has 0 fully saturated rings. The van der Waals surface area contributed by atoms with Gasteiger partial charge in [0.25, 0.3) is 11.2 Å². The number of rotatable bonds is 8. The zero-order chi connectivity index (χ0) is 33.5. The minimum Gasteiger partial charge on any atom is -0.457 e. The number of carbonyl (C=O) groups excluding carboxylic acids is 3. The van der Waals surface area contributed by atoms with Crippen LogP contribution in [0.5, 0.6) is 0 Å². The van der Waals surface area contributed by atoms with Crippen molar-refractivity contribution < 1.29 is 33.5 Å². The number of nitro groups is 1. The summed E-state index contributed by atoms with van der Waals surface area (Å²) in [6.07, 6.45) is -1.51. The lowest BCUT2D eigenvalue weighted by Crippen LogP contribution is -2.49. The minimum atomic E-state index is -1.87. The maximum atomic E-state index is 13.7. The molecule has 14 heteroatoms. The molecule has 2 aromatic heterocycles. The van der Waals surface area contributed by atoms with Crippen molar-refractivity contribution in [2.75, 3.05) is 27.2 Å². The Kier molecular flexibility index (Phi) is 8.09. The molecule has 14 nitrogen and oxygen atoms in total. The first kappa shape index (κ1) is 31.2. The molecule has 2 aromatic carbocycles. The summed E-state index contributed by atoms with van der Waals surface area (Å²) in [6, 6.07) is 17.0. The number of aromatic nitrogens is 2. The summed E-state index contributed by atoms with van der Waals surface area (Å²) >= 11 is 0. The lowest BCUT2D eigenvalue weighted by atomic mass is 9.85. The summed E-state index contributed by atoms with van der Waals surface area (Å²) in [5.41, 5.74) is 1.56. The van der Waals surface area contributed by atoms with Crippen molar-refractivity contribution in [2.45, 2.75) is 38.7 Å². The van der Waals surface area contributed by atoms with Crippen LogP contribution in [0.1, 0.15) is 35.6 Å². The van der Waals surface area contributed by atoms with Gasteiger partial charge in [-0.05, 0) is 42.3 Å². The average molecular weight is 642 g/mol. The number of nitro benzene ring substituents is 1. The normalized spacial score (nSPS) is 16.0. The van der Waals surface area contributed by atoms with E-state index >= 15 is 0 Å². The molecule has 1 atom stereocenters. The number of para-hydroxylation sites is 1. The van der Waals surface area contributed by atoms with Crippen LogP contribution in [-0.4, -0.2) is 69.6 Å². The third kappa shape index (κ3) is 5.62. The van der Waals surface area contributed by atoms with E-state index in [2.05, 4.69) is 0 Å². The number of nitrogens with zero attached hydrogens (tertiary/aromatic N) is 5. The van der Waals surface area contributed by atoms with Crippen molar-refractivity contribution in [2.24, 2.45) is 0 Å². The van der Waals surface area contributed by atoms with E-state index < -0.39 is 28.7 Å². The number of amides is 2. The third-order valence-electron chi connectivity index (χ3n) is 8.55. The predicted molar refractivity (Wildman–Crippen MR) is 167 cm³/mol. The number of likely N-dealkylation sites (N-methyl/N-ethyl adjacent to an activating group) is 2. The highest BCUT2D eigenvalue weighted by Gasteiger charge is 2.51. The fourth-order valence-corrected chi connectivity index (χ4v) is 5.76. The van der Waals surface area contributed by atoms with Crippen molar-refractivity contribution in [3.63, 3.8) is 0 Å². The molecule has 0 radical (unpaired) electrons. The number of pyridine rings is 2. The Labute approximate surface area is 268 Å². The molecule has 0 aliphatic carbocycles. The van der Waals surface area contributed by atoms with Crippen LogP contribution >= 0.6 is 0 Å². The largest absolute Gasteiger partial charge is 0.457 e. The van der Waals surface area contributed by atoms with E-state index in [0.29, 0.717) is 23.5 Å². The molecule has 4 aromatic rings. The quantitative estimate of drug-likeness (QED) is 0.103. The van der Waals surface area contributed by atoms with Gasteiger partial charge in [-0.25, -0.2) is 19.4 Å². The average Bonchev–Trinajstić information content (AvgIpc) is 3.43. The van der Waals surface area contributed by atoms with E-state index in [1.54, 1.807) is 17.6 Å². The molecule has 0 saturated carbocycles. The van der Waals surface area contributed by atoms with E-state index in [0.717, 1.165) is 16.5 Å². The first-order valence-corrected chi connectivity index (χ1v) is 14.9. The molecule has 0 bridgehead atoms. The minimum absolute atomic E-state index is 0.00812. The van der Waals surface area contributed by atoms with Gasteiger partial charge in [0.05, 0.1) is 33.9 Å². The van der Waals surface area contributed by atoms with Gasteiger partial charge in [0.2, 0.25) is 5.60 Å². The van der Waals surface area contributed by atoms with Gasteiger partial charge in [-0.2, -0.15) is 0 Å². The Morgan fingerprint density at radius 1 is 1.04 bits per heavy atom. The second-order valence-electron chi connectivity index (χ2n) is 11.4. The van der Waals surface area contributed by atoms with E-state index in [-0.39, 0.29) is 55.1 Å². The number of hydrogen-bond acceptors (Lipinski definition) is 10. The number of cyclic esters (lactones) is 1. The summed E-state index contributed by atoms with van der Waals surface area (Å²) < 4.78 is 18.2. The van der Waals surface area contributed by atoms with Gasteiger partial charge in [-0.3, -0.25) is 14.9 Å². The maximum absolute atomic E-state index is 13.7. The van der Waals surface area contributed by atoms with Gasteiger partial charge in [-0.15, -0.1) is 0 Å². The Bertz CT molecular complexity index is 1990. The van der Waals surface area contributed by atoms with Crippen molar-refractivity contribution in [3.05, 3.63) is 103 Å². The van der Waals surface area contributed by atoms with E-state index in [4.69, 9.17) is 19.2 Å². The standard InChI is InChI=1S/C33H31N5O9/c1-4-33(47-32(42)36(3)14-13-35(2)31(41)46-18-20-9-11-23(12-10-20)38(43)44)25-16-27-28-22(15-21-7-5-6-8-26(21)34-28)17-37(27)29(39)24(25)19-45-30(33)40/h5-12,15-16H,4,13-14,17-19H2,1-3H3/t33-/m0/s1. The number of carbonyl (C=O) groups is 3. The van der Waals surface area contributed by atoms with E-state index in [9.17, 15) is 29.3 Å². The smallest absolute Gasteiger partial charge is 0.411 e. The van der Waals surface area contributed by atoms with Crippen LogP contribution < -0.4 is 5.56 Å². The third-order valence-corrected chi connectivity index (χ3v) is 8.55. The van der Waals surface area contributed by atoms with Crippen LogP contribution in [0.2, 0.25) is 0 Å². The first-order valence-electron chi connectivity index (χ1n) is 14.9. The Balaban J connectivity index is 1.17. The molecule has 0 unspecified atom stereocenters. The Morgan fingerprint density at radius 2 is 1.74 bits per heavy atom.